The monoisotopic (exact) mass is 498 g/mol. The fourth-order valence-electron chi connectivity index (χ4n) is 0.493. The molecule has 68 valence electrons. The number of aliphatic hydroxyl groups is 3. The molecule has 0 heterocycles. The van der Waals surface area contributed by atoms with Gasteiger partial charge < -0.3 is 15.3 Å². The molecule has 0 radical (unpaired) electrons. The Morgan fingerprint density at radius 3 is 1.91 bits per heavy atom. The maximum Gasteiger partial charge on any atom is 0.288 e. The Hall–Kier alpha value is 2.07. The van der Waals surface area contributed by atoms with E-state index in [0.29, 0.717) is 0 Å². The van der Waals surface area contributed by atoms with Gasteiger partial charge in [0.2, 0.25) is 0 Å². The van der Waals surface area contributed by atoms with E-state index in [1.165, 1.54) is 0 Å². The van der Waals surface area contributed by atoms with Crippen LogP contribution in [0, 0.1) is 0 Å². The lowest BCUT2D eigenvalue weighted by Gasteiger charge is -2.24. The third-order valence-corrected chi connectivity index (χ3v) is 6.12. The van der Waals surface area contributed by atoms with Gasteiger partial charge in [-0.15, -0.1) is 0 Å². The van der Waals surface area contributed by atoms with E-state index < -0.39 is 9.90 Å². The second kappa shape index (κ2) is 5.73. The van der Waals surface area contributed by atoms with Gasteiger partial charge in [0.25, 0.3) is 5.97 Å². The molecule has 0 saturated carbocycles. The summed E-state index contributed by atoms with van der Waals surface area (Å²) in [6.45, 7) is 0. The lowest BCUT2D eigenvalue weighted by molar-refractivity contribution is -0.306. The van der Waals surface area contributed by atoms with Crippen molar-refractivity contribution >= 4 is 67.8 Å². The van der Waals surface area contributed by atoms with E-state index in [0.717, 1.165) is 10.8 Å². The molecule has 3 N–H and O–H groups in total. The Labute approximate surface area is 106 Å². The van der Waals surface area contributed by atoms with Crippen LogP contribution in [-0.2, 0) is 0 Å². The third kappa shape index (κ3) is 5.39. The first-order valence-corrected chi connectivity index (χ1v) is 6.92. The first-order valence-electron chi connectivity index (χ1n) is 2.90. The van der Waals surface area contributed by atoms with Crippen molar-refractivity contribution in [2.24, 2.45) is 0 Å². The Morgan fingerprint density at radius 2 is 1.64 bits per heavy atom. The maximum absolute atomic E-state index is 8.78. The molecule has 2 unspecified atom stereocenters. The lowest BCUT2D eigenvalue weighted by atomic mass is 10.2. The van der Waals surface area contributed by atoms with Crippen LogP contribution in [0.25, 0.3) is 0 Å². The summed E-state index contributed by atoms with van der Waals surface area (Å²) in [6, 6.07) is 0. The molecule has 0 aromatic carbocycles. The van der Waals surface area contributed by atoms with Crippen LogP contribution < -0.4 is 0 Å². The van der Waals surface area contributed by atoms with Gasteiger partial charge in [0.1, 0.15) is 3.92 Å². The Balaban J connectivity index is 3.91. The van der Waals surface area contributed by atoms with Crippen molar-refractivity contribution in [1.29, 1.82) is 0 Å². The summed E-state index contributed by atoms with van der Waals surface area (Å²) in [4.78, 5) is 0. The zero-order valence-electron chi connectivity index (χ0n) is 5.54. The molecule has 11 heavy (non-hydrogen) atoms. The Morgan fingerprint density at radius 1 is 1.18 bits per heavy atom. The van der Waals surface area contributed by atoms with E-state index in [4.69, 9.17) is 15.3 Å². The van der Waals surface area contributed by atoms with E-state index in [2.05, 4.69) is 45.2 Å². The molecule has 0 spiro atoms. The minimum atomic E-state index is -2.54. The summed E-state index contributed by atoms with van der Waals surface area (Å²) < 4.78 is 0.474. The van der Waals surface area contributed by atoms with Gasteiger partial charge in [-0.1, -0.05) is 67.8 Å². The van der Waals surface area contributed by atoms with Crippen molar-refractivity contribution in [3.05, 3.63) is 0 Å². The number of hydrogen-bond donors (Lipinski definition) is 3. The molecule has 0 aliphatic heterocycles. The molecule has 3 nitrogen and oxygen atoms in total. The molecule has 0 aliphatic carbocycles. The van der Waals surface area contributed by atoms with Crippen LogP contribution >= 0.6 is 67.8 Å². The molecular formula is C5H9I3O3. The van der Waals surface area contributed by atoms with Crippen LogP contribution in [0.4, 0.5) is 0 Å². The van der Waals surface area contributed by atoms with Crippen molar-refractivity contribution in [1.82, 2.24) is 0 Å². The topological polar surface area (TPSA) is 60.7 Å². The van der Waals surface area contributed by atoms with Gasteiger partial charge >= 0.3 is 0 Å². The minimum absolute atomic E-state index is 0.0742. The zero-order chi connectivity index (χ0) is 9.07. The quantitative estimate of drug-likeness (QED) is 0.309. The van der Waals surface area contributed by atoms with Crippen LogP contribution in [0.5, 0.6) is 0 Å². The molecular weight excluding hydrogens is 489 g/mol. The predicted octanol–water partition coefficient (Wildman–Crippen LogP) is 1.05. The molecule has 0 saturated heterocycles. The normalized spacial score (nSPS) is 18.0. The molecule has 0 aliphatic rings. The van der Waals surface area contributed by atoms with Gasteiger partial charge in [-0.2, -0.15) is 0 Å². The summed E-state index contributed by atoms with van der Waals surface area (Å²) in [5.41, 5.74) is 0. The number of halogens is 3. The van der Waals surface area contributed by atoms with Crippen molar-refractivity contribution in [3.8, 4) is 0 Å². The van der Waals surface area contributed by atoms with Crippen molar-refractivity contribution < 1.29 is 15.3 Å². The maximum atomic E-state index is 8.78. The Bertz CT molecular complexity index is 114. The highest BCUT2D eigenvalue weighted by Crippen LogP contribution is 2.26. The predicted molar refractivity (Wildman–Crippen MR) is 68.5 cm³/mol. The highest BCUT2D eigenvalue weighted by atomic mass is 127. The van der Waals surface area contributed by atoms with Gasteiger partial charge in [0.05, 0.1) is 0 Å². The highest BCUT2D eigenvalue weighted by molar-refractivity contribution is 14.1. The first kappa shape index (κ1) is 13.1. The van der Waals surface area contributed by atoms with Gasteiger partial charge in [-0.05, 0) is 6.42 Å². The molecule has 2 atom stereocenters. The molecule has 0 aromatic rings. The summed E-state index contributed by atoms with van der Waals surface area (Å²) in [5, 5.41) is 26.3. The number of alkyl halides is 3. The van der Waals surface area contributed by atoms with Crippen LogP contribution in [0.15, 0.2) is 0 Å². The number of hydrogen-bond acceptors (Lipinski definition) is 3. The van der Waals surface area contributed by atoms with E-state index in [1.807, 2.05) is 22.6 Å². The fraction of sp³-hybridized carbons (Fsp3) is 1.00. The SMILES string of the molecule is OC(O)(O)C(I)C(I)CCI. The second-order valence-corrected chi connectivity index (χ2v) is 6.10. The zero-order valence-corrected chi connectivity index (χ0v) is 12.0. The van der Waals surface area contributed by atoms with Gasteiger partial charge in [0, 0.05) is 8.35 Å². The molecule has 0 rings (SSSR count). The van der Waals surface area contributed by atoms with E-state index in [9.17, 15) is 0 Å². The van der Waals surface area contributed by atoms with Gasteiger partial charge in [-0.3, -0.25) is 0 Å². The van der Waals surface area contributed by atoms with Crippen LogP contribution in [0.3, 0.4) is 0 Å². The average Bonchev–Trinajstić information content (AvgIpc) is 1.85. The molecule has 0 fully saturated rings. The van der Waals surface area contributed by atoms with Crippen molar-refractivity contribution in [2.45, 2.75) is 20.2 Å². The second-order valence-electron chi connectivity index (χ2n) is 2.08. The van der Waals surface area contributed by atoms with Gasteiger partial charge in [-0.25, -0.2) is 0 Å². The molecule has 6 heteroatoms. The molecule has 0 bridgehead atoms. The van der Waals surface area contributed by atoms with Crippen LogP contribution in [-0.4, -0.2) is 33.6 Å². The number of rotatable bonds is 4. The largest absolute Gasteiger partial charge is 0.343 e. The molecule has 0 aromatic heterocycles. The van der Waals surface area contributed by atoms with E-state index in [-0.39, 0.29) is 3.92 Å². The average molecular weight is 498 g/mol. The third-order valence-electron chi connectivity index (χ3n) is 1.07. The minimum Gasteiger partial charge on any atom is -0.343 e. The summed E-state index contributed by atoms with van der Waals surface area (Å²) in [6.07, 6.45) is 0.859. The highest BCUT2D eigenvalue weighted by Gasteiger charge is 2.34. The summed E-state index contributed by atoms with van der Waals surface area (Å²) in [5.74, 6) is -2.54. The smallest absolute Gasteiger partial charge is 0.288 e. The Kier molecular flexibility index (Phi) is 6.81. The lowest BCUT2D eigenvalue weighted by Crippen LogP contribution is -2.43. The van der Waals surface area contributed by atoms with Crippen molar-refractivity contribution in [2.75, 3.05) is 4.43 Å². The summed E-state index contributed by atoms with van der Waals surface area (Å²) in [7, 11) is 0. The first-order chi connectivity index (χ1) is 4.89. The van der Waals surface area contributed by atoms with Crippen LogP contribution in [0.1, 0.15) is 6.42 Å². The standard InChI is InChI=1S/C5H9I3O3/c6-2-1-3(7)4(8)5(9,10)11/h3-4,9-11H,1-2H2. The summed E-state index contributed by atoms with van der Waals surface area (Å²) >= 11 is 6.15. The fourth-order valence-corrected chi connectivity index (χ4v) is 3.51. The van der Waals surface area contributed by atoms with E-state index in [1.54, 1.807) is 0 Å². The van der Waals surface area contributed by atoms with Gasteiger partial charge in [0.15, 0.2) is 0 Å². The van der Waals surface area contributed by atoms with Crippen molar-refractivity contribution in [3.63, 3.8) is 0 Å². The van der Waals surface area contributed by atoms with Crippen LogP contribution in [0.2, 0.25) is 0 Å². The molecule has 0 amide bonds. The van der Waals surface area contributed by atoms with E-state index >= 15 is 0 Å².